The number of nitrogens with zero attached hydrogens (tertiary/aromatic N) is 4. The number of oxazole rings is 1. The molecule has 0 N–H and O–H groups in total. The van der Waals surface area contributed by atoms with Gasteiger partial charge < -0.3 is 4.42 Å². The molecule has 23 heavy (non-hydrogen) atoms. The van der Waals surface area contributed by atoms with Crippen molar-refractivity contribution in [2.75, 3.05) is 0 Å². The van der Waals surface area contributed by atoms with E-state index >= 15 is 0 Å². The van der Waals surface area contributed by atoms with Gasteiger partial charge in [-0.3, -0.25) is 0 Å². The topological polar surface area (TPSA) is 56.7 Å². The fraction of sp³-hybridized carbons (Fsp3) is 0.278. The van der Waals surface area contributed by atoms with Gasteiger partial charge in [-0.2, -0.15) is 0 Å². The van der Waals surface area contributed by atoms with E-state index in [0.29, 0.717) is 12.5 Å². The molecule has 3 aromatic rings. The molecular weight excluding hydrogens is 288 g/mol. The van der Waals surface area contributed by atoms with Crippen molar-refractivity contribution >= 4 is 0 Å². The second-order valence-corrected chi connectivity index (χ2v) is 5.84. The smallest absolute Gasteiger partial charge is 0.180 e. The number of hydrogen-bond donors (Lipinski definition) is 0. The number of aromatic nitrogens is 4. The van der Waals surface area contributed by atoms with Crippen molar-refractivity contribution < 1.29 is 4.42 Å². The van der Waals surface area contributed by atoms with Gasteiger partial charge in [-0.15, -0.1) is 5.10 Å². The highest BCUT2D eigenvalue weighted by Gasteiger charge is 2.17. The van der Waals surface area contributed by atoms with Crippen molar-refractivity contribution in [2.45, 2.75) is 26.3 Å². The third kappa shape index (κ3) is 3.16. The minimum absolute atomic E-state index is 0.525. The maximum Gasteiger partial charge on any atom is 0.180 e. The number of hydrogen-bond acceptors (Lipinski definition) is 4. The summed E-state index contributed by atoms with van der Waals surface area (Å²) in [5, 5.41) is 8.41. The molecule has 1 aliphatic carbocycles. The van der Waals surface area contributed by atoms with Gasteiger partial charge in [0.15, 0.2) is 6.39 Å². The molecule has 1 aliphatic rings. The van der Waals surface area contributed by atoms with Gasteiger partial charge in [0, 0.05) is 17.0 Å². The van der Waals surface area contributed by atoms with Crippen LogP contribution in [0.3, 0.4) is 0 Å². The molecule has 0 saturated heterocycles. The molecule has 1 fully saturated rings. The normalized spacial score (nSPS) is 13.6. The summed E-state index contributed by atoms with van der Waals surface area (Å²) in [5.41, 5.74) is 4.14. The zero-order valence-electron chi connectivity index (χ0n) is 12.9. The van der Waals surface area contributed by atoms with Crippen molar-refractivity contribution in [2.24, 2.45) is 5.92 Å². The second-order valence-electron chi connectivity index (χ2n) is 5.84. The first-order chi connectivity index (χ1) is 11.3. The van der Waals surface area contributed by atoms with E-state index in [2.05, 4.69) is 46.2 Å². The molecule has 5 heteroatoms. The van der Waals surface area contributed by atoms with Crippen LogP contribution < -0.4 is 0 Å². The first-order valence-electron chi connectivity index (χ1n) is 7.68. The van der Waals surface area contributed by atoms with Crippen molar-refractivity contribution in [3.8, 4) is 23.1 Å². The molecular formula is C18H16N4O. The summed E-state index contributed by atoms with van der Waals surface area (Å²) >= 11 is 0. The molecule has 0 amide bonds. The zero-order chi connectivity index (χ0) is 15.6. The van der Waals surface area contributed by atoms with Gasteiger partial charge in [0.25, 0.3) is 0 Å². The van der Waals surface area contributed by atoms with Crippen molar-refractivity contribution in [1.82, 2.24) is 20.0 Å². The van der Waals surface area contributed by atoms with E-state index in [0.717, 1.165) is 28.1 Å². The van der Waals surface area contributed by atoms with Crippen molar-refractivity contribution in [3.63, 3.8) is 0 Å². The molecule has 2 aromatic heterocycles. The lowest BCUT2D eigenvalue weighted by Gasteiger charge is -2.02. The third-order valence-electron chi connectivity index (χ3n) is 3.84. The Morgan fingerprint density at radius 1 is 1.35 bits per heavy atom. The predicted molar refractivity (Wildman–Crippen MR) is 85.4 cm³/mol. The van der Waals surface area contributed by atoms with Crippen LogP contribution in [0.5, 0.6) is 0 Å². The van der Waals surface area contributed by atoms with E-state index in [1.54, 1.807) is 10.9 Å². The van der Waals surface area contributed by atoms with E-state index in [9.17, 15) is 0 Å². The summed E-state index contributed by atoms with van der Waals surface area (Å²) in [6.45, 7) is 2.60. The standard InChI is InChI=1S/C18H16N4O/c1-13-8-15(5-4-14-2-3-14)6-7-17(13)18-11-22(21-20-18)10-16-9-19-12-23-16/h6-9,11-12,14H,2-3,10H2,1H3. The van der Waals surface area contributed by atoms with E-state index in [1.165, 1.54) is 19.2 Å². The highest BCUT2D eigenvalue weighted by Crippen LogP contribution is 2.28. The van der Waals surface area contributed by atoms with Crippen LogP contribution >= 0.6 is 0 Å². The SMILES string of the molecule is Cc1cc(C#CC2CC2)ccc1-c1cn(Cc2cnco2)nn1. The molecule has 0 radical (unpaired) electrons. The lowest BCUT2D eigenvalue weighted by molar-refractivity contribution is 0.471. The Morgan fingerprint density at radius 2 is 2.26 bits per heavy atom. The van der Waals surface area contributed by atoms with Crippen LogP contribution in [-0.4, -0.2) is 20.0 Å². The van der Waals surface area contributed by atoms with Gasteiger partial charge in [0.05, 0.1) is 12.4 Å². The Bertz CT molecular complexity index is 879. The molecule has 2 heterocycles. The summed E-state index contributed by atoms with van der Waals surface area (Å²) in [7, 11) is 0. The minimum Gasteiger partial charge on any atom is -0.447 e. The lowest BCUT2D eigenvalue weighted by Crippen LogP contribution is -1.98. The Kier molecular flexibility index (Phi) is 3.43. The molecule has 0 spiro atoms. The number of rotatable bonds is 3. The van der Waals surface area contributed by atoms with Crippen LogP contribution in [0.1, 0.15) is 29.7 Å². The van der Waals surface area contributed by atoms with Crippen LogP contribution in [0.15, 0.2) is 41.4 Å². The molecule has 5 nitrogen and oxygen atoms in total. The number of benzene rings is 1. The quantitative estimate of drug-likeness (QED) is 0.698. The van der Waals surface area contributed by atoms with Crippen molar-refractivity contribution in [1.29, 1.82) is 0 Å². The fourth-order valence-corrected chi connectivity index (χ4v) is 2.42. The lowest BCUT2D eigenvalue weighted by atomic mass is 10.0. The van der Waals surface area contributed by atoms with E-state index < -0.39 is 0 Å². The van der Waals surface area contributed by atoms with Crippen molar-refractivity contribution in [3.05, 3.63) is 53.9 Å². The van der Waals surface area contributed by atoms with Crippen LogP contribution in [-0.2, 0) is 6.54 Å². The summed E-state index contributed by atoms with van der Waals surface area (Å²) < 4.78 is 6.97. The summed E-state index contributed by atoms with van der Waals surface area (Å²) in [4.78, 5) is 3.90. The molecule has 0 bridgehead atoms. The fourth-order valence-electron chi connectivity index (χ4n) is 2.42. The summed E-state index contributed by atoms with van der Waals surface area (Å²) in [6, 6.07) is 6.22. The molecule has 0 unspecified atom stereocenters. The van der Waals surface area contributed by atoms with E-state index in [1.807, 2.05) is 12.3 Å². The molecule has 4 rings (SSSR count). The van der Waals surface area contributed by atoms with E-state index in [-0.39, 0.29) is 0 Å². The van der Waals surface area contributed by atoms with Crippen LogP contribution in [0.2, 0.25) is 0 Å². The van der Waals surface area contributed by atoms with Crippen LogP contribution in [0.4, 0.5) is 0 Å². The third-order valence-corrected chi connectivity index (χ3v) is 3.84. The number of aryl methyl sites for hydroxylation is 1. The molecule has 1 saturated carbocycles. The second kappa shape index (κ2) is 5.73. The minimum atomic E-state index is 0.525. The monoisotopic (exact) mass is 304 g/mol. The molecule has 0 atom stereocenters. The Hall–Kier alpha value is -2.87. The molecule has 114 valence electrons. The zero-order valence-corrected chi connectivity index (χ0v) is 12.9. The largest absolute Gasteiger partial charge is 0.447 e. The summed E-state index contributed by atoms with van der Waals surface area (Å²) in [5.74, 6) is 7.91. The Morgan fingerprint density at radius 3 is 3.00 bits per heavy atom. The van der Waals surface area contributed by atoms with Gasteiger partial charge in [-0.05, 0) is 37.5 Å². The summed E-state index contributed by atoms with van der Waals surface area (Å²) in [6.07, 6.45) is 7.51. The van der Waals surface area contributed by atoms with Gasteiger partial charge in [0.1, 0.15) is 18.0 Å². The predicted octanol–water partition coefficient (Wildman–Crippen LogP) is 3.05. The maximum absolute atomic E-state index is 5.23. The molecule has 1 aromatic carbocycles. The molecule has 0 aliphatic heterocycles. The maximum atomic E-state index is 5.23. The van der Waals surface area contributed by atoms with Gasteiger partial charge in [-0.1, -0.05) is 23.1 Å². The van der Waals surface area contributed by atoms with Gasteiger partial charge >= 0.3 is 0 Å². The average Bonchev–Trinajstić information content (AvgIpc) is 3.03. The first kappa shape index (κ1) is 13.8. The van der Waals surface area contributed by atoms with Crippen LogP contribution in [0.25, 0.3) is 11.3 Å². The average molecular weight is 304 g/mol. The highest BCUT2D eigenvalue weighted by atomic mass is 16.3. The Labute approximate surface area is 134 Å². The van der Waals surface area contributed by atoms with E-state index in [4.69, 9.17) is 4.42 Å². The highest BCUT2D eigenvalue weighted by molar-refractivity contribution is 5.64. The Balaban J connectivity index is 1.55. The van der Waals surface area contributed by atoms with Gasteiger partial charge in [-0.25, -0.2) is 9.67 Å². The first-order valence-corrected chi connectivity index (χ1v) is 7.68. The van der Waals surface area contributed by atoms with Crippen LogP contribution in [0, 0.1) is 24.7 Å². The van der Waals surface area contributed by atoms with Gasteiger partial charge in [0.2, 0.25) is 0 Å².